The fourth-order valence-corrected chi connectivity index (χ4v) is 1.54. The summed E-state index contributed by atoms with van der Waals surface area (Å²) in [6.07, 6.45) is 0.758. The molecule has 1 unspecified atom stereocenters. The zero-order valence-electron chi connectivity index (χ0n) is 7.66. The van der Waals surface area contributed by atoms with Crippen LogP contribution in [0.4, 0.5) is 0 Å². The van der Waals surface area contributed by atoms with Crippen molar-refractivity contribution in [3.8, 4) is 0 Å². The molecular formula is C9H12O4. The highest BCUT2D eigenvalue weighted by Crippen LogP contribution is 2.31. The van der Waals surface area contributed by atoms with E-state index >= 15 is 0 Å². The molecule has 0 heterocycles. The highest BCUT2D eigenvalue weighted by molar-refractivity contribution is 5.91. The minimum atomic E-state index is -0.849. The van der Waals surface area contributed by atoms with Crippen molar-refractivity contribution in [1.82, 2.24) is 0 Å². The van der Waals surface area contributed by atoms with Crippen molar-refractivity contribution >= 4 is 11.9 Å². The Morgan fingerprint density at radius 1 is 1.46 bits per heavy atom. The second-order valence-corrected chi connectivity index (χ2v) is 3.19. The number of carbonyl (C=O) groups is 2. The molecule has 1 atom stereocenters. The van der Waals surface area contributed by atoms with Gasteiger partial charge in [-0.15, -0.1) is 0 Å². The topological polar surface area (TPSA) is 63.6 Å². The molecule has 1 N–H and O–H groups in total. The molecule has 13 heavy (non-hydrogen) atoms. The van der Waals surface area contributed by atoms with Crippen LogP contribution < -0.4 is 0 Å². The number of allylic oxidation sites excluding steroid dienone is 1. The first-order valence-corrected chi connectivity index (χ1v) is 4.06. The third kappa shape index (κ3) is 1.88. The third-order valence-corrected chi connectivity index (χ3v) is 2.30. The molecular weight excluding hydrogens is 172 g/mol. The van der Waals surface area contributed by atoms with Crippen LogP contribution in [0.15, 0.2) is 11.1 Å². The van der Waals surface area contributed by atoms with Crippen LogP contribution >= 0.6 is 0 Å². The average molecular weight is 184 g/mol. The molecule has 4 nitrogen and oxygen atoms in total. The molecule has 0 radical (unpaired) electrons. The Balaban J connectivity index is 2.73. The summed E-state index contributed by atoms with van der Waals surface area (Å²) in [5, 5.41) is 8.72. The zero-order chi connectivity index (χ0) is 10.0. The molecule has 72 valence electrons. The largest absolute Gasteiger partial charge is 0.481 e. The van der Waals surface area contributed by atoms with E-state index < -0.39 is 17.9 Å². The Labute approximate surface area is 76.2 Å². The Hall–Kier alpha value is -1.32. The van der Waals surface area contributed by atoms with Gasteiger partial charge in [-0.05, 0) is 19.8 Å². The van der Waals surface area contributed by atoms with Crippen LogP contribution in [0.3, 0.4) is 0 Å². The van der Waals surface area contributed by atoms with Gasteiger partial charge < -0.3 is 9.84 Å². The quantitative estimate of drug-likeness (QED) is 0.649. The van der Waals surface area contributed by atoms with Crippen LogP contribution in [0, 0.1) is 5.92 Å². The monoisotopic (exact) mass is 184 g/mol. The summed E-state index contributed by atoms with van der Waals surface area (Å²) in [6, 6.07) is 0. The lowest BCUT2D eigenvalue weighted by Gasteiger charge is -2.02. The van der Waals surface area contributed by atoms with Crippen LogP contribution in [-0.2, 0) is 14.3 Å². The molecule has 0 aromatic carbocycles. The molecule has 0 spiro atoms. The predicted octanol–water partition coefficient (Wildman–Crippen LogP) is 0.970. The number of aliphatic carboxylic acids is 1. The zero-order valence-corrected chi connectivity index (χ0v) is 7.66. The number of methoxy groups -OCH3 is 1. The highest BCUT2D eigenvalue weighted by atomic mass is 16.5. The van der Waals surface area contributed by atoms with Crippen molar-refractivity contribution in [2.24, 2.45) is 5.92 Å². The maximum atomic E-state index is 11.1. The van der Waals surface area contributed by atoms with E-state index in [1.54, 1.807) is 6.92 Å². The van der Waals surface area contributed by atoms with E-state index in [1.807, 2.05) is 0 Å². The Morgan fingerprint density at radius 2 is 2.08 bits per heavy atom. The maximum absolute atomic E-state index is 11.1. The standard InChI is InChI=1S/C9H12O4/c1-5-3-6(8(10)11)4-7(5)9(12)13-2/h6H,3-4H2,1-2H3,(H,10,11). The van der Waals surface area contributed by atoms with Crippen molar-refractivity contribution in [3.05, 3.63) is 11.1 Å². The molecule has 1 aliphatic rings. The van der Waals surface area contributed by atoms with Gasteiger partial charge in [0.05, 0.1) is 13.0 Å². The summed E-state index contributed by atoms with van der Waals surface area (Å²) >= 11 is 0. The number of rotatable bonds is 2. The van der Waals surface area contributed by atoms with Gasteiger partial charge >= 0.3 is 11.9 Å². The van der Waals surface area contributed by atoms with Crippen LogP contribution in [-0.4, -0.2) is 24.2 Å². The third-order valence-electron chi connectivity index (χ3n) is 2.30. The van der Waals surface area contributed by atoms with Gasteiger partial charge in [-0.2, -0.15) is 0 Å². The van der Waals surface area contributed by atoms with E-state index in [9.17, 15) is 9.59 Å². The van der Waals surface area contributed by atoms with Gasteiger partial charge in [0.15, 0.2) is 0 Å². The van der Waals surface area contributed by atoms with Gasteiger partial charge in [0.1, 0.15) is 0 Å². The minimum Gasteiger partial charge on any atom is -0.481 e. The molecule has 0 fully saturated rings. The molecule has 1 rings (SSSR count). The van der Waals surface area contributed by atoms with Crippen LogP contribution in [0.25, 0.3) is 0 Å². The minimum absolute atomic E-state index is 0.299. The second-order valence-electron chi connectivity index (χ2n) is 3.19. The Morgan fingerprint density at radius 3 is 2.46 bits per heavy atom. The molecule has 0 aliphatic heterocycles. The lowest BCUT2D eigenvalue weighted by Crippen LogP contribution is -2.11. The fourth-order valence-electron chi connectivity index (χ4n) is 1.54. The number of carboxylic acids is 1. The van der Waals surface area contributed by atoms with Crippen molar-refractivity contribution in [3.63, 3.8) is 0 Å². The first kappa shape index (κ1) is 9.77. The molecule has 0 saturated carbocycles. The SMILES string of the molecule is COC(=O)C1=C(C)CC(C(=O)O)C1. The van der Waals surface area contributed by atoms with Crippen molar-refractivity contribution in [2.45, 2.75) is 19.8 Å². The highest BCUT2D eigenvalue weighted by Gasteiger charge is 2.30. The number of hydrogen-bond donors (Lipinski definition) is 1. The number of carbonyl (C=O) groups excluding carboxylic acids is 1. The fraction of sp³-hybridized carbons (Fsp3) is 0.556. The molecule has 0 bridgehead atoms. The van der Waals surface area contributed by atoms with Crippen molar-refractivity contribution in [1.29, 1.82) is 0 Å². The van der Waals surface area contributed by atoms with E-state index in [-0.39, 0.29) is 0 Å². The number of esters is 1. The lowest BCUT2D eigenvalue weighted by atomic mass is 10.1. The van der Waals surface area contributed by atoms with E-state index in [0.29, 0.717) is 18.4 Å². The Kier molecular flexibility index (Phi) is 2.70. The van der Waals surface area contributed by atoms with Crippen LogP contribution in [0.5, 0.6) is 0 Å². The maximum Gasteiger partial charge on any atom is 0.333 e. The van der Waals surface area contributed by atoms with Gasteiger partial charge in [0, 0.05) is 5.57 Å². The summed E-state index contributed by atoms with van der Waals surface area (Å²) < 4.78 is 4.54. The predicted molar refractivity (Wildman–Crippen MR) is 45.1 cm³/mol. The van der Waals surface area contributed by atoms with Crippen molar-refractivity contribution in [2.75, 3.05) is 7.11 Å². The summed E-state index contributed by atoms with van der Waals surface area (Å²) in [7, 11) is 1.30. The summed E-state index contributed by atoms with van der Waals surface area (Å²) in [4.78, 5) is 21.7. The van der Waals surface area contributed by atoms with E-state index in [1.165, 1.54) is 7.11 Å². The summed E-state index contributed by atoms with van der Waals surface area (Å²) in [5.41, 5.74) is 1.36. The number of hydrogen-bond acceptors (Lipinski definition) is 3. The molecule has 0 saturated heterocycles. The van der Waals surface area contributed by atoms with E-state index in [0.717, 1.165) is 5.57 Å². The lowest BCUT2D eigenvalue weighted by molar-refractivity contribution is -0.141. The van der Waals surface area contributed by atoms with Crippen molar-refractivity contribution < 1.29 is 19.4 Å². The average Bonchev–Trinajstić information content (AvgIpc) is 2.46. The summed E-state index contributed by atoms with van der Waals surface area (Å²) in [5.74, 6) is -1.70. The van der Waals surface area contributed by atoms with Gasteiger partial charge in [-0.3, -0.25) is 4.79 Å². The number of carboxylic acid groups (broad SMARTS) is 1. The molecule has 4 heteroatoms. The second kappa shape index (κ2) is 3.60. The van der Waals surface area contributed by atoms with E-state index in [4.69, 9.17) is 5.11 Å². The van der Waals surface area contributed by atoms with Gasteiger partial charge in [-0.1, -0.05) is 5.57 Å². The molecule has 0 aromatic rings. The molecule has 1 aliphatic carbocycles. The van der Waals surface area contributed by atoms with Gasteiger partial charge in [0.2, 0.25) is 0 Å². The first-order chi connectivity index (χ1) is 6.06. The van der Waals surface area contributed by atoms with Gasteiger partial charge in [0.25, 0.3) is 0 Å². The first-order valence-electron chi connectivity index (χ1n) is 4.06. The smallest absolute Gasteiger partial charge is 0.333 e. The number of ether oxygens (including phenoxy) is 1. The van der Waals surface area contributed by atoms with Crippen LogP contribution in [0.2, 0.25) is 0 Å². The van der Waals surface area contributed by atoms with Crippen LogP contribution in [0.1, 0.15) is 19.8 Å². The Bertz CT molecular complexity index is 277. The van der Waals surface area contributed by atoms with Gasteiger partial charge in [-0.25, -0.2) is 4.79 Å². The normalized spacial score (nSPS) is 21.8. The molecule has 0 amide bonds. The molecule has 0 aromatic heterocycles. The van der Waals surface area contributed by atoms with E-state index in [2.05, 4.69) is 4.74 Å². The summed E-state index contributed by atoms with van der Waals surface area (Å²) in [6.45, 7) is 1.77.